The Labute approximate surface area is 110 Å². The van der Waals surface area contributed by atoms with Gasteiger partial charge in [0.15, 0.2) is 0 Å². The van der Waals surface area contributed by atoms with E-state index in [9.17, 15) is 5.11 Å². The maximum absolute atomic E-state index is 9.95. The van der Waals surface area contributed by atoms with Crippen molar-refractivity contribution in [2.24, 2.45) is 5.92 Å². The van der Waals surface area contributed by atoms with Crippen molar-refractivity contribution in [3.63, 3.8) is 0 Å². The van der Waals surface area contributed by atoms with E-state index in [1.807, 2.05) is 0 Å². The molecule has 1 saturated heterocycles. The molecule has 1 rings (SSSR count). The van der Waals surface area contributed by atoms with Crippen LogP contribution in [-0.2, 0) is 14.2 Å². The van der Waals surface area contributed by atoms with E-state index in [4.69, 9.17) is 14.2 Å². The van der Waals surface area contributed by atoms with Crippen LogP contribution in [0.3, 0.4) is 0 Å². The van der Waals surface area contributed by atoms with Gasteiger partial charge in [0.25, 0.3) is 0 Å². The Bertz CT molecular complexity index is 203. The van der Waals surface area contributed by atoms with Gasteiger partial charge in [0.05, 0.1) is 19.3 Å². The summed E-state index contributed by atoms with van der Waals surface area (Å²) >= 11 is 0. The molecule has 18 heavy (non-hydrogen) atoms. The quantitative estimate of drug-likeness (QED) is 0.608. The fraction of sp³-hybridized carbons (Fsp3) is 1.00. The van der Waals surface area contributed by atoms with Gasteiger partial charge in [-0.3, -0.25) is 0 Å². The number of methoxy groups -OCH3 is 2. The fourth-order valence-electron chi connectivity index (χ4n) is 2.24. The number of hydrogen-bond acceptors (Lipinski definition) is 5. The van der Waals surface area contributed by atoms with Crippen molar-refractivity contribution in [1.82, 2.24) is 4.90 Å². The largest absolute Gasteiger partial charge is 0.393 e. The molecule has 108 valence electrons. The van der Waals surface area contributed by atoms with Crippen molar-refractivity contribution in [1.29, 1.82) is 0 Å². The molecule has 2 atom stereocenters. The molecule has 0 aromatic carbocycles. The molecule has 5 heteroatoms. The zero-order chi connectivity index (χ0) is 13.2. The van der Waals surface area contributed by atoms with E-state index in [1.165, 1.54) is 0 Å². The highest BCUT2D eigenvalue weighted by atomic mass is 16.5. The normalized spacial score (nSPS) is 24.7. The molecular formula is C13H27NO4. The number of aliphatic hydroxyl groups excluding tert-OH is 1. The monoisotopic (exact) mass is 261 g/mol. The Morgan fingerprint density at radius 1 is 1.22 bits per heavy atom. The standard InChI is InChI=1S/C13H27NO4/c1-16-7-3-5-14(6-9-17-2)10-12-11-18-8-4-13(12)15/h12-13,15H,3-11H2,1-2H3. The van der Waals surface area contributed by atoms with E-state index in [0.29, 0.717) is 13.2 Å². The van der Waals surface area contributed by atoms with Crippen LogP contribution in [0.5, 0.6) is 0 Å². The molecule has 0 aromatic rings. The van der Waals surface area contributed by atoms with Gasteiger partial charge in [-0.2, -0.15) is 0 Å². The fourth-order valence-corrected chi connectivity index (χ4v) is 2.24. The Kier molecular flexibility index (Phi) is 8.54. The van der Waals surface area contributed by atoms with Crippen LogP contribution in [0.25, 0.3) is 0 Å². The molecule has 1 N–H and O–H groups in total. The molecule has 1 heterocycles. The lowest BCUT2D eigenvalue weighted by Gasteiger charge is -2.32. The van der Waals surface area contributed by atoms with E-state index < -0.39 is 0 Å². The smallest absolute Gasteiger partial charge is 0.0624 e. The molecule has 0 spiro atoms. The van der Waals surface area contributed by atoms with Crippen molar-refractivity contribution >= 4 is 0 Å². The van der Waals surface area contributed by atoms with Crippen molar-refractivity contribution in [3.05, 3.63) is 0 Å². The van der Waals surface area contributed by atoms with Crippen molar-refractivity contribution < 1.29 is 19.3 Å². The molecule has 0 bridgehead atoms. The second-order valence-electron chi connectivity index (χ2n) is 4.83. The SMILES string of the molecule is COCCCN(CCOC)CC1COCCC1O. The molecule has 0 radical (unpaired) electrons. The Morgan fingerprint density at radius 3 is 2.67 bits per heavy atom. The predicted octanol–water partition coefficient (Wildman–Crippen LogP) is 0.369. The first kappa shape index (κ1) is 15.9. The summed E-state index contributed by atoms with van der Waals surface area (Å²) in [4.78, 5) is 2.32. The summed E-state index contributed by atoms with van der Waals surface area (Å²) in [6.07, 6.45) is 1.52. The predicted molar refractivity (Wildman–Crippen MR) is 69.7 cm³/mol. The van der Waals surface area contributed by atoms with Crippen LogP contribution in [0.2, 0.25) is 0 Å². The second-order valence-corrected chi connectivity index (χ2v) is 4.83. The summed E-state index contributed by atoms with van der Waals surface area (Å²) in [5.41, 5.74) is 0. The lowest BCUT2D eigenvalue weighted by Crippen LogP contribution is -2.42. The summed E-state index contributed by atoms with van der Waals surface area (Å²) < 4.78 is 15.6. The number of nitrogens with zero attached hydrogens (tertiary/aromatic N) is 1. The van der Waals surface area contributed by atoms with Crippen LogP contribution < -0.4 is 0 Å². The van der Waals surface area contributed by atoms with Crippen molar-refractivity contribution in [2.45, 2.75) is 18.9 Å². The minimum absolute atomic E-state index is 0.221. The molecule has 1 aliphatic heterocycles. The third kappa shape index (κ3) is 6.11. The van der Waals surface area contributed by atoms with E-state index in [1.54, 1.807) is 14.2 Å². The molecule has 0 aromatic heterocycles. The molecule has 1 aliphatic rings. The average Bonchev–Trinajstić information content (AvgIpc) is 2.38. The lowest BCUT2D eigenvalue weighted by atomic mass is 9.98. The molecule has 0 saturated carbocycles. The summed E-state index contributed by atoms with van der Waals surface area (Å²) in [5, 5.41) is 9.95. The molecular weight excluding hydrogens is 234 g/mol. The summed E-state index contributed by atoms with van der Waals surface area (Å²) in [6.45, 7) is 5.57. The molecule has 2 unspecified atom stereocenters. The van der Waals surface area contributed by atoms with E-state index in [2.05, 4.69) is 4.90 Å². The Morgan fingerprint density at radius 2 is 2.00 bits per heavy atom. The highest BCUT2D eigenvalue weighted by Gasteiger charge is 2.25. The summed E-state index contributed by atoms with van der Waals surface area (Å²) in [6, 6.07) is 0. The highest BCUT2D eigenvalue weighted by molar-refractivity contribution is 4.76. The first-order valence-corrected chi connectivity index (χ1v) is 6.74. The molecule has 1 fully saturated rings. The minimum atomic E-state index is -0.230. The molecule has 0 amide bonds. The first-order valence-electron chi connectivity index (χ1n) is 6.74. The minimum Gasteiger partial charge on any atom is -0.393 e. The van der Waals surface area contributed by atoms with Gasteiger partial charge in [-0.1, -0.05) is 0 Å². The zero-order valence-corrected chi connectivity index (χ0v) is 11.6. The second kappa shape index (κ2) is 9.69. The van der Waals surface area contributed by atoms with Gasteiger partial charge in [0.1, 0.15) is 0 Å². The summed E-state index contributed by atoms with van der Waals surface area (Å²) in [7, 11) is 3.43. The number of ether oxygens (including phenoxy) is 3. The maximum atomic E-state index is 9.95. The van der Waals surface area contributed by atoms with Crippen LogP contribution in [0.1, 0.15) is 12.8 Å². The van der Waals surface area contributed by atoms with Crippen molar-refractivity contribution in [2.75, 3.05) is 60.3 Å². The summed E-state index contributed by atoms with van der Waals surface area (Å²) in [5.74, 6) is 0.221. The Balaban J connectivity index is 2.32. The van der Waals surface area contributed by atoms with Gasteiger partial charge in [0.2, 0.25) is 0 Å². The third-order valence-electron chi connectivity index (χ3n) is 3.36. The van der Waals surface area contributed by atoms with Gasteiger partial charge in [-0.05, 0) is 12.8 Å². The average molecular weight is 261 g/mol. The molecule has 0 aliphatic carbocycles. The van der Waals surface area contributed by atoms with Gasteiger partial charge < -0.3 is 24.2 Å². The lowest BCUT2D eigenvalue weighted by molar-refractivity contribution is -0.0484. The van der Waals surface area contributed by atoms with Gasteiger partial charge in [0, 0.05) is 53.0 Å². The number of hydrogen-bond donors (Lipinski definition) is 1. The van der Waals surface area contributed by atoms with Gasteiger partial charge in [-0.15, -0.1) is 0 Å². The topological polar surface area (TPSA) is 51.2 Å². The first-order chi connectivity index (χ1) is 8.77. The number of rotatable bonds is 9. The molecule has 5 nitrogen and oxygen atoms in total. The van der Waals surface area contributed by atoms with Gasteiger partial charge >= 0.3 is 0 Å². The van der Waals surface area contributed by atoms with E-state index >= 15 is 0 Å². The van der Waals surface area contributed by atoms with E-state index in [0.717, 1.165) is 45.7 Å². The van der Waals surface area contributed by atoms with E-state index in [-0.39, 0.29) is 12.0 Å². The van der Waals surface area contributed by atoms with Crippen molar-refractivity contribution in [3.8, 4) is 0 Å². The Hall–Kier alpha value is -0.200. The zero-order valence-electron chi connectivity index (χ0n) is 11.6. The van der Waals surface area contributed by atoms with Gasteiger partial charge in [-0.25, -0.2) is 0 Å². The maximum Gasteiger partial charge on any atom is 0.0624 e. The highest BCUT2D eigenvalue weighted by Crippen LogP contribution is 2.16. The van der Waals surface area contributed by atoms with Crippen LogP contribution in [0, 0.1) is 5.92 Å². The number of aliphatic hydroxyl groups is 1. The van der Waals surface area contributed by atoms with Crippen LogP contribution in [-0.4, -0.2) is 76.4 Å². The third-order valence-corrected chi connectivity index (χ3v) is 3.36. The van der Waals surface area contributed by atoms with Crippen LogP contribution in [0.15, 0.2) is 0 Å². The van der Waals surface area contributed by atoms with Crippen LogP contribution >= 0.6 is 0 Å². The van der Waals surface area contributed by atoms with Crippen LogP contribution in [0.4, 0.5) is 0 Å².